The maximum atomic E-state index is 13.6. The molecule has 2 rings (SSSR count). The average Bonchev–Trinajstić information content (AvgIpc) is 2.79. The van der Waals surface area contributed by atoms with Crippen molar-refractivity contribution in [3.8, 4) is 0 Å². The largest absolute Gasteiger partial charge is 0.352 e. The van der Waals surface area contributed by atoms with Crippen LogP contribution in [0.25, 0.3) is 0 Å². The summed E-state index contributed by atoms with van der Waals surface area (Å²) in [5, 5.41) is 2.74. The second kappa shape index (κ2) is 8.56. The van der Waals surface area contributed by atoms with E-state index in [0.717, 1.165) is 4.90 Å². The lowest BCUT2D eigenvalue weighted by Gasteiger charge is -2.20. The SMILES string of the molecule is C=C/C=C1\C(=C)C(=O)N(C[C@@H](C)NC(=O)CCC2=C(F)CCC=C2)C1=O. The zero-order chi connectivity index (χ0) is 19.3. The van der Waals surface area contributed by atoms with Gasteiger partial charge in [0.05, 0.1) is 5.57 Å². The summed E-state index contributed by atoms with van der Waals surface area (Å²) in [6.07, 6.45) is 8.03. The Bertz CT molecular complexity index is 746. The first-order chi connectivity index (χ1) is 12.3. The Balaban J connectivity index is 1.88. The van der Waals surface area contributed by atoms with Gasteiger partial charge in [0.15, 0.2) is 0 Å². The van der Waals surface area contributed by atoms with Crippen molar-refractivity contribution in [3.05, 3.63) is 60.0 Å². The van der Waals surface area contributed by atoms with Gasteiger partial charge < -0.3 is 5.32 Å². The van der Waals surface area contributed by atoms with Crippen LogP contribution >= 0.6 is 0 Å². The van der Waals surface area contributed by atoms with Crippen LogP contribution in [0.2, 0.25) is 0 Å². The summed E-state index contributed by atoms with van der Waals surface area (Å²) in [7, 11) is 0. The van der Waals surface area contributed by atoms with Gasteiger partial charge in [0, 0.05) is 31.0 Å². The first-order valence-corrected chi connectivity index (χ1v) is 8.56. The van der Waals surface area contributed by atoms with E-state index in [1.807, 2.05) is 6.08 Å². The molecule has 5 nitrogen and oxygen atoms in total. The lowest BCUT2D eigenvalue weighted by molar-refractivity contribution is -0.137. The molecule has 1 aliphatic carbocycles. The van der Waals surface area contributed by atoms with Crippen LogP contribution in [0.1, 0.15) is 32.6 Å². The van der Waals surface area contributed by atoms with Crippen LogP contribution in [-0.2, 0) is 14.4 Å². The Morgan fingerprint density at radius 1 is 1.42 bits per heavy atom. The maximum absolute atomic E-state index is 13.6. The zero-order valence-electron chi connectivity index (χ0n) is 14.9. The molecule has 3 amide bonds. The molecule has 0 radical (unpaired) electrons. The van der Waals surface area contributed by atoms with Crippen LogP contribution in [0.15, 0.2) is 60.0 Å². The molecule has 138 valence electrons. The van der Waals surface area contributed by atoms with Gasteiger partial charge in [-0.1, -0.05) is 31.4 Å². The number of hydrogen-bond acceptors (Lipinski definition) is 3. The molecule has 6 heteroatoms. The van der Waals surface area contributed by atoms with Gasteiger partial charge in [-0.05, 0) is 31.4 Å². The van der Waals surface area contributed by atoms with Gasteiger partial charge in [0.25, 0.3) is 11.8 Å². The highest BCUT2D eigenvalue weighted by molar-refractivity contribution is 6.24. The Labute approximate surface area is 152 Å². The number of nitrogens with zero attached hydrogens (tertiary/aromatic N) is 1. The molecule has 0 bridgehead atoms. The molecule has 2 aliphatic rings. The molecule has 1 saturated heterocycles. The Hall–Kier alpha value is -2.76. The van der Waals surface area contributed by atoms with Crippen LogP contribution in [0.3, 0.4) is 0 Å². The van der Waals surface area contributed by atoms with Crippen molar-refractivity contribution in [1.29, 1.82) is 0 Å². The van der Waals surface area contributed by atoms with E-state index in [1.165, 1.54) is 12.2 Å². The number of hydrogen-bond donors (Lipinski definition) is 1. The number of carbonyl (C=O) groups is 3. The number of imide groups is 1. The normalized spacial score (nSPS) is 20.2. The Morgan fingerprint density at radius 3 is 2.81 bits per heavy atom. The van der Waals surface area contributed by atoms with Gasteiger partial charge in [0.2, 0.25) is 5.91 Å². The predicted octanol–water partition coefficient (Wildman–Crippen LogP) is 2.88. The van der Waals surface area contributed by atoms with Crippen LogP contribution in [0.5, 0.6) is 0 Å². The minimum Gasteiger partial charge on any atom is -0.352 e. The standard InChI is InChI=1S/C20H23FN2O3/c1-4-7-16-14(3)19(25)23(20(16)26)12-13(2)22-18(24)11-10-15-8-5-6-9-17(15)21/h4-5,7-8,13H,1,3,6,9-12H2,2H3,(H,22,24)/b16-7+/t13-/m1/s1. The van der Waals surface area contributed by atoms with Crippen molar-refractivity contribution in [3.63, 3.8) is 0 Å². The number of carbonyl (C=O) groups excluding carboxylic acids is 3. The first-order valence-electron chi connectivity index (χ1n) is 8.56. The van der Waals surface area contributed by atoms with Gasteiger partial charge in [-0.25, -0.2) is 4.39 Å². The molecular formula is C20H23FN2O3. The van der Waals surface area contributed by atoms with E-state index in [-0.39, 0.29) is 35.8 Å². The maximum Gasteiger partial charge on any atom is 0.261 e. The highest BCUT2D eigenvalue weighted by Gasteiger charge is 2.37. The van der Waals surface area contributed by atoms with Crippen molar-refractivity contribution in [2.75, 3.05) is 6.54 Å². The lowest BCUT2D eigenvalue weighted by Crippen LogP contribution is -2.44. The third-order valence-corrected chi connectivity index (χ3v) is 4.27. The Kier molecular flexibility index (Phi) is 6.44. The number of nitrogens with one attached hydrogen (secondary N) is 1. The molecular weight excluding hydrogens is 335 g/mol. The fourth-order valence-corrected chi connectivity index (χ4v) is 2.92. The number of likely N-dealkylation sites (tertiary alicyclic amines) is 1. The third kappa shape index (κ3) is 4.45. The molecule has 0 unspecified atom stereocenters. The molecule has 0 spiro atoms. The minimum absolute atomic E-state index is 0.0495. The van der Waals surface area contributed by atoms with Crippen molar-refractivity contribution in [1.82, 2.24) is 10.2 Å². The van der Waals surface area contributed by atoms with Crippen LogP contribution in [0, 0.1) is 0 Å². The number of amides is 3. The predicted molar refractivity (Wildman–Crippen MR) is 97.5 cm³/mol. The van der Waals surface area contributed by atoms with Gasteiger partial charge >= 0.3 is 0 Å². The summed E-state index contributed by atoms with van der Waals surface area (Å²) in [4.78, 5) is 37.5. The summed E-state index contributed by atoms with van der Waals surface area (Å²) in [6, 6.07) is -0.424. The topological polar surface area (TPSA) is 66.5 Å². The van der Waals surface area contributed by atoms with E-state index < -0.39 is 17.9 Å². The van der Waals surface area contributed by atoms with E-state index in [1.54, 1.807) is 13.0 Å². The van der Waals surface area contributed by atoms with E-state index >= 15 is 0 Å². The van der Waals surface area contributed by atoms with Gasteiger partial charge in [-0.15, -0.1) is 0 Å². The average molecular weight is 358 g/mol. The summed E-state index contributed by atoms with van der Waals surface area (Å²) < 4.78 is 13.6. The monoisotopic (exact) mass is 358 g/mol. The highest BCUT2D eigenvalue weighted by Crippen LogP contribution is 2.24. The van der Waals surface area contributed by atoms with Crippen molar-refractivity contribution >= 4 is 17.7 Å². The fourth-order valence-electron chi connectivity index (χ4n) is 2.92. The van der Waals surface area contributed by atoms with E-state index in [4.69, 9.17) is 0 Å². The van der Waals surface area contributed by atoms with Gasteiger partial charge in [0.1, 0.15) is 5.83 Å². The number of rotatable bonds is 7. The third-order valence-electron chi connectivity index (χ3n) is 4.27. The van der Waals surface area contributed by atoms with Gasteiger partial charge in [-0.3, -0.25) is 19.3 Å². The molecule has 1 atom stereocenters. The van der Waals surface area contributed by atoms with Crippen LogP contribution < -0.4 is 5.32 Å². The molecule has 1 aliphatic heterocycles. The molecule has 26 heavy (non-hydrogen) atoms. The molecule has 0 aromatic heterocycles. The van der Waals surface area contributed by atoms with Crippen molar-refractivity contribution in [2.45, 2.75) is 38.6 Å². The molecule has 1 N–H and O–H groups in total. The minimum atomic E-state index is -0.469. The van der Waals surface area contributed by atoms with Gasteiger partial charge in [-0.2, -0.15) is 0 Å². The van der Waals surface area contributed by atoms with E-state index in [2.05, 4.69) is 18.5 Å². The second-order valence-corrected chi connectivity index (χ2v) is 6.36. The zero-order valence-corrected chi connectivity index (χ0v) is 14.9. The molecule has 0 saturated carbocycles. The van der Waals surface area contributed by atoms with E-state index in [9.17, 15) is 18.8 Å². The van der Waals surface area contributed by atoms with E-state index in [0.29, 0.717) is 24.8 Å². The molecule has 0 aromatic rings. The highest BCUT2D eigenvalue weighted by atomic mass is 19.1. The van der Waals surface area contributed by atoms with Crippen LogP contribution in [-0.4, -0.2) is 35.2 Å². The smallest absolute Gasteiger partial charge is 0.261 e. The number of allylic oxidation sites excluding steroid dienone is 6. The summed E-state index contributed by atoms with van der Waals surface area (Å²) >= 11 is 0. The molecule has 0 aromatic carbocycles. The summed E-state index contributed by atoms with van der Waals surface area (Å²) in [5.41, 5.74) is 0.898. The molecule has 1 heterocycles. The first kappa shape index (κ1) is 19.6. The molecule has 1 fully saturated rings. The quantitative estimate of drug-likeness (QED) is 0.562. The second-order valence-electron chi connectivity index (χ2n) is 6.36. The van der Waals surface area contributed by atoms with Crippen molar-refractivity contribution in [2.24, 2.45) is 0 Å². The lowest BCUT2D eigenvalue weighted by atomic mass is 10.0. The summed E-state index contributed by atoms with van der Waals surface area (Å²) in [5.74, 6) is -1.33. The Morgan fingerprint density at radius 2 is 2.15 bits per heavy atom. The summed E-state index contributed by atoms with van der Waals surface area (Å²) in [6.45, 7) is 8.90. The van der Waals surface area contributed by atoms with Crippen molar-refractivity contribution < 1.29 is 18.8 Å². The van der Waals surface area contributed by atoms with Crippen LogP contribution in [0.4, 0.5) is 4.39 Å². The fraction of sp³-hybridized carbons (Fsp3) is 0.350. The number of halogens is 1.